The molecule has 4 nitrogen and oxygen atoms in total. The molecule has 2 heterocycles. The van der Waals surface area contributed by atoms with Gasteiger partial charge in [0.1, 0.15) is 5.02 Å². The molecule has 0 unspecified atom stereocenters. The second kappa shape index (κ2) is 8.51. The van der Waals surface area contributed by atoms with Gasteiger partial charge in [-0.1, -0.05) is 46.4 Å². The van der Waals surface area contributed by atoms with Gasteiger partial charge in [0, 0.05) is 23.0 Å². The lowest BCUT2D eigenvalue weighted by atomic mass is 10.2. The van der Waals surface area contributed by atoms with Gasteiger partial charge in [0.15, 0.2) is 10.2 Å². The van der Waals surface area contributed by atoms with E-state index in [1.54, 1.807) is 18.3 Å². The third-order valence-corrected chi connectivity index (χ3v) is 5.27. The highest BCUT2D eigenvalue weighted by atomic mass is 35.5. The van der Waals surface area contributed by atoms with Crippen LogP contribution in [0, 0.1) is 0 Å². The summed E-state index contributed by atoms with van der Waals surface area (Å²) in [6, 6.07) is 3.80. The highest BCUT2D eigenvalue weighted by Crippen LogP contribution is 2.41. The molecule has 0 amide bonds. The van der Waals surface area contributed by atoms with Gasteiger partial charge in [-0.25, -0.2) is 9.97 Å². The number of nitrogens with one attached hydrogen (secondary N) is 1. The predicted octanol–water partition coefficient (Wildman–Crippen LogP) is 7.57. The number of nitrogens with zero attached hydrogens (tertiary/aromatic N) is 2. The molecule has 148 valence electrons. The van der Waals surface area contributed by atoms with Crippen molar-refractivity contribution in [2.24, 2.45) is 0 Å². The van der Waals surface area contributed by atoms with Crippen molar-refractivity contribution in [1.82, 2.24) is 9.97 Å². The van der Waals surface area contributed by atoms with Crippen LogP contribution in [-0.4, -0.2) is 9.97 Å². The van der Waals surface area contributed by atoms with Crippen LogP contribution in [0.25, 0.3) is 0 Å². The quantitative estimate of drug-likeness (QED) is 0.402. The molecule has 0 spiro atoms. The van der Waals surface area contributed by atoms with Gasteiger partial charge in [-0.05, 0) is 18.2 Å². The predicted molar refractivity (Wildman–Crippen MR) is 105 cm³/mol. The third-order valence-electron chi connectivity index (χ3n) is 3.32. The van der Waals surface area contributed by atoms with Crippen LogP contribution in [-0.2, 0) is 12.7 Å². The van der Waals surface area contributed by atoms with Gasteiger partial charge in [0.05, 0.1) is 22.2 Å². The molecule has 0 saturated carbocycles. The molecular weight excluding hydrogens is 481 g/mol. The van der Waals surface area contributed by atoms with E-state index in [2.05, 4.69) is 15.3 Å². The number of anilines is 1. The average molecular weight is 489 g/mol. The fourth-order valence-electron chi connectivity index (χ4n) is 2.07. The first-order chi connectivity index (χ1) is 13.1. The lowest BCUT2D eigenvalue weighted by molar-refractivity contribution is -0.137. The van der Waals surface area contributed by atoms with Crippen molar-refractivity contribution in [1.29, 1.82) is 0 Å². The summed E-state index contributed by atoms with van der Waals surface area (Å²) in [6.45, 7) is 0.448. The number of aromatic nitrogens is 2. The largest absolute Gasteiger partial charge is 0.434 e. The molecule has 1 N–H and O–H groups in total. The number of rotatable bonds is 5. The Morgan fingerprint density at radius 2 is 1.64 bits per heavy atom. The number of hydrogen-bond donors (Lipinski definition) is 1. The number of alkyl halides is 3. The van der Waals surface area contributed by atoms with Crippen molar-refractivity contribution in [3.8, 4) is 11.6 Å². The van der Waals surface area contributed by atoms with Gasteiger partial charge in [-0.3, -0.25) is 0 Å². The smallest absolute Gasteiger partial charge is 0.417 e. The maximum Gasteiger partial charge on any atom is 0.417 e. The van der Waals surface area contributed by atoms with Crippen molar-refractivity contribution in [3.63, 3.8) is 0 Å². The second-order valence-corrected chi connectivity index (χ2v) is 8.23. The van der Waals surface area contributed by atoms with E-state index in [1.807, 2.05) is 0 Å². The van der Waals surface area contributed by atoms with E-state index in [4.69, 9.17) is 51.1 Å². The topological polar surface area (TPSA) is 47.0 Å². The zero-order valence-electron chi connectivity index (χ0n) is 13.5. The molecule has 0 atom stereocenters. The Balaban J connectivity index is 1.78. The molecule has 28 heavy (non-hydrogen) atoms. The number of thiazole rings is 1. The monoisotopic (exact) mass is 487 g/mol. The molecule has 0 aliphatic carbocycles. The fraction of sp³-hybridized carbons (Fsp3) is 0.125. The number of hydrogen-bond acceptors (Lipinski definition) is 5. The Labute approximate surface area is 181 Å². The normalized spacial score (nSPS) is 11.5. The molecule has 0 aliphatic heterocycles. The maximum absolute atomic E-state index is 12.7. The first kappa shape index (κ1) is 21.3. The molecule has 0 aliphatic rings. The van der Waals surface area contributed by atoms with Crippen LogP contribution in [0.3, 0.4) is 0 Å². The highest BCUT2D eigenvalue weighted by molar-refractivity contribution is 7.15. The molecule has 0 radical (unpaired) electrons. The molecule has 12 heteroatoms. The minimum atomic E-state index is -4.57. The van der Waals surface area contributed by atoms with Crippen LogP contribution < -0.4 is 10.1 Å². The van der Waals surface area contributed by atoms with Crippen molar-refractivity contribution in [2.75, 3.05) is 5.32 Å². The lowest BCUT2D eigenvalue weighted by Gasteiger charge is -2.13. The van der Waals surface area contributed by atoms with E-state index in [0.717, 1.165) is 4.88 Å². The molecule has 3 aromatic rings. The van der Waals surface area contributed by atoms with Crippen molar-refractivity contribution in [3.05, 3.63) is 60.6 Å². The van der Waals surface area contributed by atoms with E-state index in [0.29, 0.717) is 29.0 Å². The zero-order chi connectivity index (χ0) is 20.5. The number of benzene rings is 1. The zero-order valence-corrected chi connectivity index (χ0v) is 17.3. The van der Waals surface area contributed by atoms with Crippen LogP contribution >= 0.6 is 57.7 Å². The van der Waals surface area contributed by atoms with Crippen LogP contribution in [0.1, 0.15) is 10.4 Å². The summed E-state index contributed by atoms with van der Waals surface area (Å²) in [5.74, 6) is -0.234. The van der Waals surface area contributed by atoms with Crippen LogP contribution in [0.5, 0.6) is 11.6 Å². The van der Waals surface area contributed by atoms with E-state index >= 15 is 0 Å². The van der Waals surface area contributed by atoms with Gasteiger partial charge in [-0.2, -0.15) is 13.2 Å². The SMILES string of the molecule is FC(F)(F)c1cnc(Oc2c(Cl)cc(NCc3cnc(Cl)s3)cc2Cl)c(Cl)c1. The van der Waals surface area contributed by atoms with E-state index in [9.17, 15) is 13.2 Å². The Bertz CT molecular complexity index is 990. The van der Waals surface area contributed by atoms with Crippen molar-refractivity contribution >= 4 is 63.4 Å². The summed E-state index contributed by atoms with van der Waals surface area (Å²) in [4.78, 5) is 8.44. The molecule has 0 bridgehead atoms. The van der Waals surface area contributed by atoms with E-state index in [1.165, 1.54) is 11.3 Å². The Hall–Kier alpha value is -1.45. The van der Waals surface area contributed by atoms with Gasteiger partial charge < -0.3 is 10.1 Å². The number of halogens is 7. The minimum Gasteiger partial charge on any atom is -0.434 e. The molecule has 0 saturated heterocycles. The highest BCUT2D eigenvalue weighted by Gasteiger charge is 2.32. The Morgan fingerprint density at radius 3 is 2.18 bits per heavy atom. The summed E-state index contributed by atoms with van der Waals surface area (Å²) in [6.07, 6.45) is -2.32. The minimum absolute atomic E-state index is 0.0175. The molecular formula is C16H8Cl4F3N3OS. The van der Waals surface area contributed by atoms with Crippen molar-refractivity contribution in [2.45, 2.75) is 12.7 Å². The van der Waals surface area contributed by atoms with Gasteiger partial charge in [0.25, 0.3) is 0 Å². The Morgan fingerprint density at radius 1 is 0.964 bits per heavy atom. The first-order valence-corrected chi connectivity index (χ1v) is 9.70. The van der Waals surface area contributed by atoms with E-state index < -0.39 is 11.7 Å². The summed E-state index contributed by atoms with van der Waals surface area (Å²) >= 11 is 25.3. The number of pyridine rings is 1. The average Bonchev–Trinajstić information content (AvgIpc) is 3.02. The van der Waals surface area contributed by atoms with Crippen LogP contribution in [0.2, 0.25) is 19.5 Å². The molecule has 2 aromatic heterocycles. The van der Waals surface area contributed by atoms with Crippen molar-refractivity contribution < 1.29 is 17.9 Å². The summed E-state index contributed by atoms with van der Waals surface area (Å²) in [7, 11) is 0. The van der Waals surface area contributed by atoms with Gasteiger partial charge >= 0.3 is 6.18 Å². The van der Waals surface area contributed by atoms with Crippen LogP contribution in [0.4, 0.5) is 18.9 Å². The molecule has 1 aromatic carbocycles. The molecule has 0 fully saturated rings. The maximum atomic E-state index is 12.7. The van der Waals surface area contributed by atoms with Gasteiger partial charge in [-0.15, -0.1) is 11.3 Å². The first-order valence-electron chi connectivity index (χ1n) is 7.37. The number of ether oxygens (including phenoxy) is 1. The fourth-order valence-corrected chi connectivity index (χ4v) is 3.75. The summed E-state index contributed by atoms with van der Waals surface area (Å²) in [5.41, 5.74) is -0.400. The van der Waals surface area contributed by atoms with Crippen LogP contribution in [0.15, 0.2) is 30.6 Å². The second-order valence-electron chi connectivity index (χ2n) is 5.31. The summed E-state index contributed by atoms with van der Waals surface area (Å²) < 4.78 is 43.9. The van der Waals surface area contributed by atoms with Gasteiger partial charge in [0.2, 0.25) is 5.88 Å². The standard InChI is InChI=1S/C16H8Cl4F3N3OS/c17-10-2-8(24-5-9-6-26-15(20)28-9)3-11(18)13(10)27-14-12(19)1-7(4-25-14)16(21,22)23/h1-4,6,24H,5H2. The Kier molecular flexibility index (Phi) is 6.46. The lowest BCUT2D eigenvalue weighted by Crippen LogP contribution is -2.06. The third kappa shape index (κ3) is 5.12. The van der Waals surface area contributed by atoms with E-state index in [-0.39, 0.29) is 26.7 Å². The molecule has 3 rings (SSSR count). The summed E-state index contributed by atoms with van der Waals surface area (Å²) in [5, 5.41) is 3.02.